The van der Waals surface area contributed by atoms with Crippen molar-refractivity contribution in [3.8, 4) is 11.8 Å². The molecule has 1 aliphatic heterocycles. The number of ether oxygens (including phenoxy) is 1. The first-order chi connectivity index (χ1) is 17.0. The topological polar surface area (TPSA) is 120 Å². The zero-order valence-corrected chi connectivity index (χ0v) is 19.6. The van der Waals surface area contributed by atoms with Crippen LogP contribution < -0.4 is 15.4 Å². The number of methoxy groups -OCH3 is 1. The molecule has 1 aromatic carbocycles. The lowest BCUT2D eigenvalue weighted by molar-refractivity contribution is 0.0683. The zero-order valence-electron chi connectivity index (χ0n) is 19.6. The van der Waals surface area contributed by atoms with E-state index in [1.807, 2.05) is 25.1 Å². The summed E-state index contributed by atoms with van der Waals surface area (Å²) in [4.78, 5) is 36.4. The summed E-state index contributed by atoms with van der Waals surface area (Å²) in [6, 6.07) is 15.4. The summed E-state index contributed by atoms with van der Waals surface area (Å²) < 4.78 is 5.22. The summed E-state index contributed by atoms with van der Waals surface area (Å²) in [5.41, 5.74) is 3.23. The predicted octanol–water partition coefficient (Wildman–Crippen LogP) is 3.49. The van der Waals surface area contributed by atoms with Gasteiger partial charge in [-0.3, -0.25) is 14.8 Å². The van der Waals surface area contributed by atoms with Gasteiger partial charge < -0.3 is 20.3 Å². The van der Waals surface area contributed by atoms with Crippen molar-refractivity contribution < 1.29 is 14.3 Å². The van der Waals surface area contributed by atoms with Crippen LogP contribution in [0.3, 0.4) is 0 Å². The SMILES string of the molecule is COc1ccc(C2CN(C(=O)c3ccc(C)nc3)CCC2NC(=O)Nc2ccc(C#N)cc2)nc1. The lowest BCUT2D eigenvalue weighted by Gasteiger charge is -2.38. The van der Waals surface area contributed by atoms with E-state index in [0.29, 0.717) is 42.1 Å². The second kappa shape index (κ2) is 10.7. The van der Waals surface area contributed by atoms with Gasteiger partial charge in [0.25, 0.3) is 5.91 Å². The average molecular weight is 471 g/mol. The summed E-state index contributed by atoms with van der Waals surface area (Å²) >= 11 is 0. The van der Waals surface area contributed by atoms with E-state index in [0.717, 1.165) is 11.4 Å². The van der Waals surface area contributed by atoms with Gasteiger partial charge in [-0.15, -0.1) is 0 Å². The molecule has 1 fully saturated rings. The summed E-state index contributed by atoms with van der Waals surface area (Å²) in [6.45, 7) is 2.76. The maximum atomic E-state index is 13.1. The van der Waals surface area contributed by atoms with Gasteiger partial charge in [-0.1, -0.05) is 0 Å². The van der Waals surface area contributed by atoms with E-state index in [-0.39, 0.29) is 23.9 Å². The van der Waals surface area contributed by atoms with Crippen LogP contribution in [0.4, 0.5) is 10.5 Å². The predicted molar refractivity (Wildman–Crippen MR) is 130 cm³/mol. The number of carbonyl (C=O) groups is 2. The molecule has 0 bridgehead atoms. The molecule has 178 valence electrons. The van der Waals surface area contributed by atoms with E-state index >= 15 is 0 Å². The Hall–Kier alpha value is -4.45. The Morgan fingerprint density at radius 3 is 2.51 bits per heavy atom. The van der Waals surface area contributed by atoms with Crippen LogP contribution in [-0.2, 0) is 0 Å². The highest BCUT2D eigenvalue weighted by Crippen LogP contribution is 2.28. The van der Waals surface area contributed by atoms with Crippen molar-refractivity contribution in [2.75, 3.05) is 25.5 Å². The molecule has 2 aromatic heterocycles. The molecular formula is C26H26N6O3. The Labute approximate surface area is 203 Å². The zero-order chi connectivity index (χ0) is 24.8. The fourth-order valence-electron chi connectivity index (χ4n) is 4.08. The highest BCUT2D eigenvalue weighted by atomic mass is 16.5. The molecule has 0 radical (unpaired) electrons. The summed E-state index contributed by atoms with van der Waals surface area (Å²) in [5.74, 6) is 0.312. The second-order valence-corrected chi connectivity index (χ2v) is 8.35. The van der Waals surface area contributed by atoms with Crippen LogP contribution in [0.1, 0.15) is 39.6 Å². The van der Waals surface area contributed by atoms with Crippen LogP contribution in [0.5, 0.6) is 5.75 Å². The molecule has 1 aliphatic rings. The lowest BCUT2D eigenvalue weighted by atomic mass is 9.88. The third-order valence-electron chi connectivity index (χ3n) is 6.02. The largest absolute Gasteiger partial charge is 0.495 e. The van der Waals surface area contributed by atoms with E-state index in [2.05, 4.69) is 26.7 Å². The van der Waals surface area contributed by atoms with E-state index in [9.17, 15) is 9.59 Å². The van der Waals surface area contributed by atoms with Gasteiger partial charge in [-0.2, -0.15) is 5.26 Å². The molecule has 9 heteroatoms. The monoisotopic (exact) mass is 470 g/mol. The minimum atomic E-state index is -0.360. The summed E-state index contributed by atoms with van der Waals surface area (Å²) in [7, 11) is 1.57. The summed E-state index contributed by atoms with van der Waals surface area (Å²) in [5, 5.41) is 14.8. The minimum Gasteiger partial charge on any atom is -0.495 e. The molecule has 35 heavy (non-hydrogen) atoms. The van der Waals surface area contributed by atoms with Crippen LogP contribution in [-0.4, -0.2) is 53.0 Å². The molecule has 2 unspecified atom stereocenters. The molecular weight excluding hydrogens is 444 g/mol. The molecule has 3 amide bonds. The van der Waals surface area contributed by atoms with Crippen LogP contribution in [0.25, 0.3) is 0 Å². The van der Waals surface area contributed by atoms with Crippen LogP contribution in [0.2, 0.25) is 0 Å². The smallest absolute Gasteiger partial charge is 0.319 e. The number of aryl methyl sites for hydroxylation is 1. The highest BCUT2D eigenvalue weighted by molar-refractivity contribution is 5.94. The van der Waals surface area contributed by atoms with Gasteiger partial charge in [-0.25, -0.2) is 4.79 Å². The normalized spacial score (nSPS) is 17.2. The first-order valence-electron chi connectivity index (χ1n) is 11.3. The van der Waals surface area contributed by atoms with Crippen LogP contribution in [0, 0.1) is 18.3 Å². The Kier molecular flexibility index (Phi) is 7.21. The number of hydrogen-bond acceptors (Lipinski definition) is 6. The number of nitrogens with one attached hydrogen (secondary N) is 2. The minimum absolute atomic E-state index is 0.100. The number of carbonyl (C=O) groups excluding carboxylic acids is 2. The van der Waals surface area contributed by atoms with Gasteiger partial charge >= 0.3 is 6.03 Å². The number of likely N-dealkylation sites (tertiary alicyclic amines) is 1. The first-order valence-corrected chi connectivity index (χ1v) is 11.3. The average Bonchev–Trinajstić information content (AvgIpc) is 2.89. The van der Waals surface area contributed by atoms with Gasteiger partial charge in [0.1, 0.15) is 5.75 Å². The Balaban J connectivity index is 1.51. The third-order valence-corrected chi connectivity index (χ3v) is 6.02. The maximum absolute atomic E-state index is 13.1. The molecule has 4 rings (SSSR count). The Morgan fingerprint density at radius 2 is 1.89 bits per heavy atom. The Morgan fingerprint density at radius 1 is 1.09 bits per heavy atom. The van der Waals surface area contributed by atoms with Crippen molar-refractivity contribution in [3.05, 3.63) is 83.4 Å². The number of pyridine rings is 2. The molecule has 2 atom stereocenters. The van der Waals surface area contributed by atoms with Crippen molar-refractivity contribution >= 4 is 17.6 Å². The molecule has 0 saturated carbocycles. The molecule has 0 aliphatic carbocycles. The first kappa shape index (κ1) is 23.7. The van der Waals surface area contributed by atoms with E-state index in [4.69, 9.17) is 10.00 Å². The summed E-state index contributed by atoms with van der Waals surface area (Å²) in [6.07, 6.45) is 3.78. The number of anilines is 1. The van der Waals surface area contributed by atoms with Crippen molar-refractivity contribution in [3.63, 3.8) is 0 Å². The quantitative estimate of drug-likeness (QED) is 0.589. The number of benzene rings is 1. The number of amides is 3. The van der Waals surface area contributed by atoms with Gasteiger partial charge in [0, 0.05) is 48.3 Å². The lowest BCUT2D eigenvalue weighted by Crippen LogP contribution is -2.52. The standard InChI is InChI=1S/C26H26N6O3/c1-17-3-6-19(14-28-17)25(33)32-12-11-24(22(16-32)23-10-9-21(35-2)15-29-23)31-26(34)30-20-7-4-18(13-27)5-8-20/h3-10,14-15,22,24H,11-12,16H2,1-2H3,(H2,30,31,34). The fourth-order valence-corrected chi connectivity index (χ4v) is 4.08. The number of nitriles is 1. The highest BCUT2D eigenvalue weighted by Gasteiger charge is 2.34. The van der Waals surface area contributed by atoms with Gasteiger partial charge in [-0.05, 0) is 61.9 Å². The third kappa shape index (κ3) is 5.73. The van der Waals surface area contributed by atoms with Gasteiger partial charge in [0.2, 0.25) is 0 Å². The van der Waals surface area contributed by atoms with Crippen LogP contribution in [0.15, 0.2) is 60.9 Å². The van der Waals surface area contributed by atoms with Crippen molar-refractivity contribution in [2.45, 2.75) is 25.3 Å². The second-order valence-electron chi connectivity index (χ2n) is 8.35. The number of nitrogens with zero attached hydrogens (tertiary/aromatic N) is 4. The Bertz CT molecular complexity index is 1220. The van der Waals surface area contributed by atoms with Gasteiger partial charge in [0.15, 0.2) is 0 Å². The molecule has 9 nitrogen and oxygen atoms in total. The van der Waals surface area contributed by atoms with Crippen LogP contribution >= 0.6 is 0 Å². The molecule has 3 heterocycles. The fraction of sp³-hybridized carbons (Fsp3) is 0.269. The number of piperidine rings is 1. The van der Waals surface area contributed by atoms with E-state index in [1.54, 1.807) is 54.7 Å². The number of aromatic nitrogens is 2. The molecule has 2 N–H and O–H groups in total. The number of urea groups is 1. The maximum Gasteiger partial charge on any atom is 0.319 e. The van der Waals surface area contributed by atoms with Crippen molar-refractivity contribution in [1.29, 1.82) is 5.26 Å². The van der Waals surface area contributed by atoms with Crippen molar-refractivity contribution in [1.82, 2.24) is 20.2 Å². The molecule has 1 saturated heterocycles. The van der Waals surface area contributed by atoms with E-state index < -0.39 is 0 Å². The molecule has 3 aromatic rings. The number of rotatable bonds is 5. The molecule has 0 spiro atoms. The van der Waals surface area contributed by atoms with E-state index in [1.165, 1.54) is 0 Å². The number of hydrogen-bond donors (Lipinski definition) is 2. The van der Waals surface area contributed by atoms with Crippen molar-refractivity contribution in [2.24, 2.45) is 0 Å². The van der Waals surface area contributed by atoms with Gasteiger partial charge in [0.05, 0.1) is 30.5 Å².